The molecule has 2 saturated heterocycles. The van der Waals surface area contributed by atoms with Crippen molar-refractivity contribution in [3.8, 4) is 0 Å². The van der Waals surface area contributed by atoms with E-state index in [1.807, 2.05) is 0 Å². The topological polar surface area (TPSA) is 65.2 Å². The number of hydrogen-bond acceptors (Lipinski definition) is 5. The molecule has 0 aromatic rings. The Hall–Kier alpha value is -0.300. The van der Waals surface area contributed by atoms with Gasteiger partial charge >= 0.3 is 0 Å². The smallest absolute Gasteiger partial charge is 0.217 e. The van der Waals surface area contributed by atoms with Crippen molar-refractivity contribution in [1.82, 2.24) is 21.3 Å². The Morgan fingerprint density at radius 3 is 2.54 bits per heavy atom. The van der Waals surface area contributed by atoms with Crippen LogP contribution in [0.15, 0.2) is 0 Å². The maximum atomic E-state index is 11.2. The number of hydrogen-bond donors (Lipinski definition) is 4. The lowest BCUT2D eigenvalue weighted by Gasteiger charge is -2.42. The molecule has 5 atom stereocenters. The summed E-state index contributed by atoms with van der Waals surface area (Å²) in [5, 5.41) is 16.0. The summed E-state index contributed by atoms with van der Waals surface area (Å²) in [6.07, 6.45) is 10.7. The molecule has 1 amide bonds. The van der Waals surface area contributed by atoms with E-state index in [0.29, 0.717) is 23.6 Å². The van der Waals surface area contributed by atoms with Gasteiger partial charge in [0.15, 0.2) is 0 Å². The van der Waals surface area contributed by atoms with Crippen molar-refractivity contribution >= 4 is 17.7 Å². The van der Waals surface area contributed by atoms with Gasteiger partial charge in [-0.2, -0.15) is 0 Å². The van der Waals surface area contributed by atoms with Gasteiger partial charge in [0.1, 0.15) is 0 Å². The van der Waals surface area contributed by atoms with Crippen LogP contribution in [0.4, 0.5) is 0 Å². The zero-order valence-electron chi connectivity index (χ0n) is 14.7. The van der Waals surface area contributed by atoms with Gasteiger partial charge < -0.3 is 5.32 Å². The second-order valence-electron chi connectivity index (χ2n) is 8.10. The first-order valence-electron chi connectivity index (χ1n) is 9.86. The van der Waals surface area contributed by atoms with Gasteiger partial charge in [-0.25, -0.2) is 0 Å². The monoisotopic (exact) mass is 352 g/mol. The number of carbonyl (C=O) groups is 1. The molecule has 2 heterocycles. The minimum Gasteiger partial charge on any atom is -0.354 e. The number of rotatable bonds is 3. The Bertz CT molecular complexity index is 454. The lowest BCUT2D eigenvalue weighted by molar-refractivity contribution is -0.119. The highest BCUT2D eigenvalue weighted by Gasteiger charge is 2.49. The first kappa shape index (κ1) is 17.1. The highest BCUT2D eigenvalue weighted by atomic mass is 32.2. The van der Waals surface area contributed by atoms with Crippen molar-refractivity contribution in [2.75, 3.05) is 6.67 Å². The van der Waals surface area contributed by atoms with Gasteiger partial charge in [-0.1, -0.05) is 12.8 Å². The van der Waals surface area contributed by atoms with E-state index in [2.05, 4.69) is 33.0 Å². The Labute approximate surface area is 149 Å². The average Bonchev–Trinajstić information content (AvgIpc) is 2.96. The van der Waals surface area contributed by atoms with Gasteiger partial charge in [-0.05, 0) is 44.4 Å². The van der Waals surface area contributed by atoms with Crippen molar-refractivity contribution < 1.29 is 4.79 Å². The van der Waals surface area contributed by atoms with E-state index < -0.39 is 0 Å². The van der Waals surface area contributed by atoms with Crippen LogP contribution in [0.5, 0.6) is 0 Å². The van der Waals surface area contributed by atoms with Crippen molar-refractivity contribution in [2.24, 2.45) is 11.8 Å². The second kappa shape index (κ2) is 7.52. The van der Waals surface area contributed by atoms with Crippen LogP contribution < -0.4 is 21.3 Å². The summed E-state index contributed by atoms with van der Waals surface area (Å²) < 4.78 is 0. The zero-order valence-corrected chi connectivity index (χ0v) is 15.5. The third-order valence-electron chi connectivity index (χ3n) is 6.48. The van der Waals surface area contributed by atoms with Crippen LogP contribution in [0, 0.1) is 11.8 Å². The molecule has 0 spiro atoms. The lowest BCUT2D eigenvalue weighted by atomic mass is 9.77. The molecular weight excluding hydrogens is 320 g/mol. The molecule has 5 unspecified atom stereocenters. The number of nitrogens with one attached hydrogen (secondary N) is 4. The molecule has 4 N–H and O–H groups in total. The Morgan fingerprint density at radius 2 is 1.75 bits per heavy atom. The normalized spacial score (nSPS) is 45.3. The summed E-state index contributed by atoms with van der Waals surface area (Å²) >= 11 is 2.21. The van der Waals surface area contributed by atoms with E-state index in [0.717, 1.165) is 36.6 Å². The molecule has 0 bridgehead atoms. The van der Waals surface area contributed by atoms with Crippen LogP contribution in [-0.2, 0) is 4.79 Å². The third kappa shape index (κ3) is 3.62. The zero-order chi connectivity index (χ0) is 16.5. The minimum atomic E-state index is 0.112. The SMILES string of the molecule is CC(=O)NC1CCC(NC2NCNC3SC4CCCCC4C23)CC1. The molecule has 0 aromatic heterocycles. The molecule has 0 radical (unpaired) electrons. The van der Waals surface area contributed by atoms with E-state index in [1.54, 1.807) is 6.92 Å². The summed E-state index contributed by atoms with van der Waals surface area (Å²) in [6.45, 7) is 2.55. The predicted molar refractivity (Wildman–Crippen MR) is 98.5 cm³/mol. The first-order valence-corrected chi connectivity index (χ1v) is 10.8. The highest BCUT2D eigenvalue weighted by molar-refractivity contribution is 8.00. The van der Waals surface area contributed by atoms with E-state index in [4.69, 9.17) is 0 Å². The standard InChI is InChI=1S/C18H32N4OS/c1-11(23)21-12-6-8-13(9-7-12)22-17-16-14-4-2-3-5-15(14)24-18(16)20-10-19-17/h12-20,22H,2-10H2,1H3,(H,21,23). The number of amides is 1. The molecule has 136 valence electrons. The van der Waals surface area contributed by atoms with Crippen molar-refractivity contribution in [1.29, 1.82) is 0 Å². The van der Waals surface area contributed by atoms with Gasteiger partial charge in [-0.3, -0.25) is 20.7 Å². The number of thioether (sulfide) groups is 1. The van der Waals surface area contributed by atoms with Crippen LogP contribution in [0.3, 0.4) is 0 Å². The van der Waals surface area contributed by atoms with Crippen LogP contribution in [0.25, 0.3) is 0 Å². The van der Waals surface area contributed by atoms with E-state index in [-0.39, 0.29) is 5.91 Å². The quantitative estimate of drug-likeness (QED) is 0.623. The number of fused-ring (bicyclic) bond motifs is 3. The molecule has 4 rings (SSSR count). The van der Waals surface area contributed by atoms with Crippen molar-refractivity contribution in [2.45, 2.75) is 87.2 Å². The average molecular weight is 353 g/mol. The fraction of sp³-hybridized carbons (Fsp3) is 0.944. The second-order valence-corrected chi connectivity index (χ2v) is 9.48. The first-order chi connectivity index (χ1) is 11.7. The fourth-order valence-corrected chi connectivity index (χ4v) is 7.28. The molecule has 0 aromatic carbocycles. The third-order valence-corrected chi connectivity index (χ3v) is 8.19. The molecule has 2 aliphatic heterocycles. The van der Waals surface area contributed by atoms with Gasteiger partial charge in [-0.15, -0.1) is 11.8 Å². The van der Waals surface area contributed by atoms with Crippen LogP contribution in [0.1, 0.15) is 58.3 Å². The Morgan fingerprint density at radius 1 is 1.00 bits per heavy atom. The van der Waals surface area contributed by atoms with Crippen molar-refractivity contribution in [3.63, 3.8) is 0 Å². The van der Waals surface area contributed by atoms with Gasteiger partial charge in [0.25, 0.3) is 0 Å². The van der Waals surface area contributed by atoms with Crippen LogP contribution >= 0.6 is 11.8 Å². The summed E-state index contributed by atoms with van der Waals surface area (Å²) in [4.78, 5) is 11.2. The largest absolute Gasteiger partial charge is 0.354 e. The summed E-state index contributed by atoms with van der Waals surface area (Å²) in [5.41, 5.74) is 0. The van der Waals surface area contributed by atoms with E-state index >= 15 is 0 Å². The number of carbonyl (C=O) groups excluding carboxylic acids is 1. The lowest BCUT2D eigenvalue weighted by Crippen LogP contribution is -2.63. The predicted octanol–water partition coefficient (Wildman–Crippen LogP) is 1.75. The molecule has 5 nitrogen and oxygen atoms in total. The highest BCUT2D eigenvalue weighted by Crippen LogP contribution is 2.50. The van der Waals surface area contributed by atoms with Gasteiger partial charge in [0.05, 0.1) is 11.5 Å². The van der Waals surface area contributed by atoms with Gasteiger partial charge in [0.2, 0.25) is 5.91 Å². The van der Waals surface area contributed by atoms with Gasteiger partial charge in [0, 0.05) is 36.8 Å². The minimum absolute atomic E-state index is 0.112. The van der Waals surface area contributed by atoms with Crippen LogP contribution in [0.2, 0.25) is 0 Å². The fourth-order valence-electron chi connectivity index (χ4n) is 5.37. The summed E-state index contributed by atoms with van der Waals surface area (Å²) in [7, 11) is 0. The van der Waals surface area contributed by atoms with E-state index in [1.165, 1.54) is 38.5 Å². The maximum Gasteiger partial charge on any atom is 0.217 e. The van der Waals surface area contributed by atoms with Crippen molar-refractivity contribution in [3.05, 3.63) is 0 Å². The molecule has 2 aliphatic carbocycles. The molecule has 6 heteroatoms. The summed E-state index contributed by atoms with van der Waals surface area (Å²) in [5.74, 6) is 1.71. The molecular formula is C18H32N4OS. The Balaban J connectivity index is 1.33. The molecule has 24 heavy (non-hydrogen) atoms. The van der Waals surface area contributed by atoms with Crippen LogP contribution in [-0.4, -0.2) is 41.4 Å². The molecule has 4 fully saturated rings. The van der Waals surface area contributed by atoms with E-state index in [9.17, 15) is 4.79 Å². The Kier molecular flexibility index (Phi) is 5.37. The molecule has 4 aliphatic rings. The summed E-state index contributed by atoms with van der Waals surface area (Å²) in [6, 6.07) is 0.984. The molecule has 2 saturated carbocycles. The maximum absolute atomic E-state index is 11.2.